The second-order valence-corrected chi connectivity index (χ2v) is 2.55. The van der Waals surface area contributed by atoms with E-state index in [0.717, 1.165) is 5.56 Å². The van der Waals surface area contributed by atoms with Crippen molar-refractivity contribution >= 4 is 11.8 Å². The maximum atomic E-state index is 5.68. The molecule has 0 radical (unpaired) electrons. The van der Waals surface area contributed by atoms with E-state index in [1.165, 1.54) is 0 Å². The summed E-state index contributed by atoms with van der Waals surface area (Å²) < 4.78 is 0. The quantitative estimate of drug-likeness (QED) is 0.556. The molecule has 1 aromatic rings. The standard InChI is InChI=1S/C9H13N3/c10-6-8(11)5-7-3-1-2-4-9(7)12/h1-5H,6,10-12H2. The first-order valence-electron chi connectivity index (χ1n) is 3.74. The Labute approximate surface area is 71.9 Å². The van der Waals surface area contributed by atoms with Crippen LogP contribution in [0.15, 0.2) is 30.0 Å². The monoisotopic (exact) mass is 163 g/mol. The van der Waals surface area contributed by atoms with E-state index in [4.69, 9.17) is 17.2 Å². The summed E-state index contributed by atoms with van der Waals surface area (Å²) in [6.07, 6.45) is 1.79. The highest BCUT2D eigenvalue weighted by atomic mass is 14.7. The van der Waals surface area contributed by atoms with Gasteiger partial charge in [0.15, 0.2) is 0 Å². The summed E-state index contributed by atoms with van der Waals surface area (Å²) in [6.45, 7) is 0.355. The van der Waals surface area contributed by atoms with Gasteiger partial charge in [-0.05, 0) is 17.7 Å². The van der Waals surface area contributed by atoms with E-state index < -0.39 is 0 Å². The summed E-state index contributed by atoms with van der Waals surface area (Å²) in [7, 11) is 0. The second-order valence-electron chi connectivity index (χ2n) is 2.55. The van der Waals surface area contributed by atoms with Gasteiger partial charge in [-0.3, -0.25) is 0 Å². The first kappa shape index (κ1) is 8.62. The SMILES string of the molecule is NCC(N)=Cc1ccccc1N. The van der Waals surface area contributed by atoms with Crippen LogP contribution < -0.4 is 17.2 Å². The van der Waals surface area contributed by atoms with Crippen LogP contribution in [0.5, 0.6) is 0 Å². The van der Waals surface area contributed by atoms with Crippen LogP contribution in [0.1, 0.15) is 5.56 Å². The van der Waals surface area contributed by atoms with E-state index in [1.807, 2.05) is 24.3 Å². The lowest BCUT2D eigenvalue weighted by molar-refractivity contribution is 1.12. The molecule has 0 heterocycles. The maximum Gasteiger partial charge on any atom is 0.0388 e. The van der Waals surface area contributed by atoms with Crippen LogP contribution in [0.2, 0.25) is 0 Å². The molecule has 64 valence electrons. The maximum absolute atomic E-state index is 5.68. The van der Waals surface area contributed by atoms with Crippen molar-refractivity contribution < 1.29 is 0 Å². The second kappa shape index (κ2) is 3.78. The first-order chi connectivity index (χ1) is 5.74. The molecule has 0 spiro atoms. The smallest absolute Gasteiger partial charge is 0.0388 e. The molecule has 0 saturated heterocycles. The molecule has 12 heavy (non-hydrogen) atoms. The van der Waals surface area contributed by atoms with E-state index in [0.29, 0.717) is 17.9 Å². The summed E-state index contributed by atoms with van der Waals surface area (Å²) in [5.74, 6) is 0. The summed E-state index contributed by atoms with van der Waals surface area (Å²) in [6, 6.07) is 7.52. The predicted molar refractivity (Wildman–Crippen MR) is 52.1 cm³/mol. The van der Waals surface area contributed by atoms with Crippen molar-refractivity contribution in [2.24, 2.45) is 11.5 Å². The van der Waals surface area contributed by atoms with Crippen molar-refractivity contribution in [1.29, 1.82) is 0 Å². The molecule has 6 N–H and O–H groups in total. The highest BCUT2D eigenvalue weighted by Crippen LogP contribution is 2.12. The van der Waals surface area contributed by atoms with Gasteiger partial charge in [-0.15, -0.1) is 0 Å². The molecule has 1 aromatic carbocycles. The number of benzene rings is 1. The number of hydrogen-bond acceptors (Lipinski definition) is 3. The molecule has 1 rings (SSSR count). The van der Waals surface area contributed by atoms with Crippen molar-refractivity contribution in [2.75, 3.05) is 12.3 Å². The molecule has 0 aliphatic heterocycles. The molecule has 0 aromatic heterocycles. The van der Waals surface area contributed by atoms with Crippen molar-refractivity contribution in [1.82, 2.24) is 0 Å². The molecule has 0 bridgehead atoms. The number of nitrogens with two attached hydrogens (primary N) is 3. The van der Waals surface area contributed by atoms with Gasteiger partial charge in [-0.2, -0.15) is 0 Å². The third-order valence-corrected chi connectivity index (χ3v) is 1.57. The Morgan fingerprint density at radius 2 is 2.00 bits per heavy atom. The molecule has 0 atom stereocenters. The highest BCUT2D eigenvalue weighted by Gasteiger charge is 1.93. The van der Waals surface area contributed by atoms with Crippen LogP contribution in [-0.4, -0.2) is 6.54 Å². The fraction of sp³-hybridized carbons (Fsp3) is 0.111. The van der Waals surface area contributed by atoms with Crippen LogP contribution in [0.25, 0.3) is 6.08 Å². The van der Waals surface area contributed by atoms with Gasteiger partial charge in [-0.25, -0.2) is 0 Å². The zero-order valence-corrected chi connectivity index (χ0v) is 6.83. The van der Waals surface area contributed by atoms with Crippen LogP contribution in [0.4, 0.5) is 5.69 Å². The topological polar surface area (TPSA) is 78.1 Å². The van der Waals surface area contributed by atoms with Crippen LogP contribution in [0.3, 0.4) is 0 Å². The molecule has 0 saturated carbocycles. The van der Waals surface area contributed by atoms with E-state index in [1.54, 1.807) is 6.08 Å². The fourth-order valence-corrected chi connectivity index (χ4v) is 0.901. The van der Waals surface area contributed by atoms with Crippen LogP contribution in [-0.2, 0) is 0 Å². The Morgan fingerprint density at radius 1 is 1.33 bits per heavy atom. The van der Waals surface area contributed by atoms with E-state index >= 15 is 0 Å². The number of rotatable bonds is 2. The third-order valence-electron chi connectivity index (χ3n) is 1.57. The average molecular weight is 163 g/mol. The lowest BCUT2D eigenvalue weighted by atomic mass is 10.1. The van der Waals surface area contributed by atoms with Crippen LogP contribution in [0, 0.1) is 0 Å². The first-order valence-corrected chi connectivity index (χ1v) is 3.74. The number of nitrogen functional groups attached to an aromatic ring is 1. The molecule has 0 unspecified atom stereocenters. The van der Waals surface area contributed by atoms with Crippen molar-refractivity contribution in [3.63, 3.8) is 0 Å². The van der Waals surface area contributed by atoms with Gasteiger partial charge in [0.05, 0.1) is 0 Å². The molecule has 3 heteroatoms. The Balaban J connectivity index is 2.96. The van der Waals surface area contributed by atoms with E-state index in [2.05, 4.69) is 0 Å². The summed E-state index contributed by atoms with van der Waals surface area (Å²) in [5, 5.41) is 0. The Bertz CT molecular complexity index is 292. The summed E-state index contributed by atoms with van der Waals surface area (Å²) >= 11 is 0. The molecule has 0 fully saturated rings. The van der Waals surface area contributed by atoms with Gasteiger partial charge in [0, 0.05) is 17.9 Å². The van der Waals surface area contributed by atoms with Gasteiger partial charge >= 0.3 is 0 Å². The Morgan fingerprint density at radius 3 is 2.58 bits per heavy atom. The van der Waals surface area contributed by atoms with Gasteiger partial charge in [0.1, 0.15) is 0 Å². The average Bonchev–Trinajstić information content (AvgIpc) is 2.09. The largest absolute Gasteiger partial charge is 0.401 e. The zero-order chi connectivity index (χ0) is 8.97. The van der Waals surface area contributed by atoms with Crippen LogP contribution >= 0.6 is 0 Å². The van der Waals surface area contributed by atoms with Gasteiger partial charge in [0.2, 0.25) is 0 Å². The Kier molecular flexibility index (Phi) is 2.71. The molecule has 0 aliphatic carbocycles. The van der Waals surface area contributed by atoms with E-state index in [-0.39, 0.29) is 0 Å². The van der Waals surface area contributed by atoms with Crippen molar-refractivity contribution in [2.45, 2.75) is 0 Å². The van der Waals surface area contributed by atoms with Gasteiger partial charge in [-0.1, -0.05) is 18.2 Å². The number of para-hydroxylation sites is 1. The normalized spacial score (nSPS) is 11.6. The minimum absolute atomic E-state index is 0.355. The predicted octanol–water partition coefficient (Wildman–Crippen LogP) is 0.527. The Hall–Kier alpha value is -1.48. The third kappa shape index (κ3) is 2.00. The minimum Gasteiger partial charge on any atom is -0.401 e. The molecular weight excluding hydrogens is 150 g/mol. The molecule has 3 nitrogen and oxygen atoms in total. The van der Waals surface area contributed by atoms with Gasteiger partial charge in [0.25, 0.3) is 0 Å². The van der Waals surface area contributed by atoms with Crippen molar-refractivity contribution in [3.05, 3.63) is 35.5 Å². The van der Waals surface area contributed by atoms with Crippen molar-refractivity contribution in [3.8, 4) is 0 Å². The lowest BCUT2D eigenvalue weighted by Crippen LogP contribution is -2.10. The number of hydrogen-bond donors (Lipinski definition) is 3. The van der Waals surface area contributed by atoms with Gasteiger partial charge < -0.3 is 17.2 Å². The van der Waals surface area contributed by atoms with E-state index in [9.17, 15) is 0 Å². The zero-order valence-electron chi connectivity index (χ0n) is 6.83. The summed E-state index contributed by atoms with van der Waals surface area (Å²) in [4.78, 5) is 0. The minimum atomic E-state index is 0.355. The molecule has 0 amide bonds. The summed E-state index contributed by atoms with van der Waals surface area (Å²) in [5.41, 5.74) is 18.8. The molecule has 0 aliphatic rings. The lowest BCUT2D eigenvalue weighted by Gasteiger charge is -2.00. The fourth-order valence-electron chi connectivity index (χ4n) is 0.901. The molecular formula is C9H13N3. The highest BCUT2D eigenvalue weighted by molar-refractivity contribution is 5.65. The number of anilines is 1.